The molecular formula is C19H24F2IN3O2. The first-order valence-electron chi connectivity index (χ1n) is 8.24. The van der Waals surface area contributed by atoms with Gasteiger partial charge in [0, 0.05) is 11.3 Å². The van der Waals surface area contributed by atoms with E-state index in [-0.39, 0.29) is 48.0 Å². The van der Waals surface area contributed by atoms with Crippen LogP contribution in [0, 0.1) is 13.8 Å². The van der Waals surface area contributed by atoms with Crippen LogP contribution in [0.4, 0.5) is 14.5 Å². The van der Waals surface area contributed by atoms with E-state index in [2.05, 4.69) is 15.0 Å². The molecule has 0 aromatic heterocycles. The lowest BCUT2D eigenvalue weighted by molar-refractivity contribution is -0.0520. The lowest BCUT2D eigenvalue weighted by Gasteiger charge is -2.14. The molecule has 0 bridgehead atoms. The molecule has 5 nitrogen and oxygen atoms in total. The molecule has 2 aromatic rings. The fourth-order valence-electron chi connectivity index (χ4n) is 2.35. The maximum atomic E-state index is 12.7. The SMILES string of the molecule is CCOc1cccc(CN=C(N)Nc2ccc(C)c(C)c2)c1OC(F)F.I. The van der Waals surface area contributed by atoms with Gasteiger partial charge < -0.3 is 20.5 Å². The molecule has 0 saturated carbocycles. The van der Waals surface area contributed by atoms with Crippen molar-refractivity contribution in [3.63, 3.8) is 0 Å². The van der Waals surface area contributed by atoms with Gasteiger partial charge in [0.25, 0.3) is 0 Å². The third-order valence-electron chi connectivity index (χ3n) is 3.77. The summed E-state index contributed by atoms with van der Waals surface area (Å²) < 4.78 is 35.4. The molecule has 0 aliphatic rings. The number of anilines is 1. The number of rotatable bonds is 7. The average Bonchev–Trinajstić information content (AvgIpc) is 2.58. The van der Waals surface area contributed by atoms with E-state index < -0.39 is 6.61 Å². The van der Waals surface area contributed by atoms with E-state index in [1.165, 1.54) is 5.56 Å². The number of hydrogen-bond donors (Lipinski definition) is 2. The van der Waals surface area contributed by atoms with Gasteiger partial charge in [0.05, 0.1) is 13.2 Å². The molecule has 148 valence electrons. The zero-order chi connectivity index (χ0) is 19.1. The number of aryl methyl sites for hydroxylation is 2. The van der Waals surface area contributed by atoms with Gasteiger partial charge in [-0.15, -0.1) is 24.0 Å². The summed E-state index contributed by atoms with van der Waals surface area (Å²) in [7, 11) is 0. The van der Waals surface area contributed by atoms with Gasteiger partial charge in [0.15, 0.2) is 17.5 Å². The number of aliphatic imine (C=N–C) groups is 1. The topological polar surface area (TPSA) is 68.9 Å². The van der Waals surface area contributed by atoms with Crippen LogP contribution in [0.3, 0.4) is 0 Å². The van der Waals surface area contributed by atoms with Gasteiger partial charge in [-0.2, -0.15) is 8.78 Å². The fraction of sp³-hybridized carbons (Fsp3) is 0.316. The molecule has 2 rings (SSSR count). The smallest absolute Gasteiger partial charge is 0.387 e. The second kappa shape index (κ2) is 10.9. The largest absolute Gasteiger partial charge is 0.490 e. The molecule has 0 fully saturated rings. The Bertz CT molecular complexity index is 786. The number of nitrogens with one attached hydrogen (secondary N) is 1. The number of benzene rings is 2. The number of hydrogen-bond acceptors (Lipinski definition) is 3. The Morgan fingerprint density at radius 1 is 1.19 bits per heavy atom. The molecule has 0 amide bonds. The van der Waals surface area contributed by atoms with E-state index in [1.807, 2.05) is 32.0 Å². The van der Waals surface area contributed by atoms with Crippen LogP contribution >= 0.6 is 24.0 Å². The summed E-state index contributed by atoms with van der Waals surface area (Å²) in [5, 5.41) is 2.99. The molecule has 0 saturated heterocycles. The number of para-hydroxylation sites is 1. The van der Waals surface area contributed by atoms with Crippen molar-refractivity contribution in [3.05, 3.63) is 53.1 Å². The van der Waals surface area contributed by atoms with Gasteiger partial charge >= 0.3 is 6.61 Å². The van der Waals surface area contributed by atoms with E-state index >= 15 is 0 Å². The van der Waals surface area contributed by atoms with E-state index in [0.717, 1.165) is 11.3 Å². The second-order valence-electron chi connectivity index (χ2n) is 5.68. The Balaban J connectivity index is 0.00000364. The highest BCUT2D eigenvalue weighted by molar-refractivity contribution is 14.0. The Kier molecular flexibility index (Phi) is 9.27. The molecule has 0 aliphatic carbocycles. The summed E-state index contributed by atoms with van der Waals surface area (Å²) in [6, 6.07) is 10.7. The number of nitrogens with zero attached hydrogens (tertiary/aromatic N) is 1. The second-order valence-corrected chi connectivity index (χ2v) is 5.68. The van der Waals surface area contributed by atoms with Crippen molar-refractivity contribution in [3.8, 4) is 11.5 Å². The van der Waals surface area contributed by atoms with Crippen LogP contribution in [0.5, 0.6) is 11.5 Å². The Morgan fingerprint density at radius 3 is 2.56 bits per heavy atom. The number of alkyl halides is 2. The molecule has 0 unspecified atom stereocenters. The van der Waals surface area contributed by atoms with Gasteiger partial charge in [0.1, 0.15) is 0 Å². The monoisotopic (exact) mass is 491 g/mol. The van der Waals surface area contributed by atoms with Crippen LogP contribution in [0.2, 0.25) is 0 Å². The van der Waals surface area contributed by atoms with E-state index in [1.54, 1.807) is 25.1 Å². The van der Waals surface area contributed by atoms with Crippen LogP contribution in [0.15, 0.2) is 41.4 Å². The third-order valence-corrected chi connectivity index (χ3v) is 3.77. The number of nitrogens with two attached hydrogens (primary N) is 1. The van der Waals surface area contributed by atoms with Crippen LogP contribution in [-0.2, 0) is 6.54 Å². The average molecular weight is 491 g/mol. The van der Waals surface area contributed by atoms with Crippen molar-refractivity contribution in [1.82, 2.24) is 0 Å². The molecule has 0 heterocycles. The summed E-state index contributed by atoms with van der Waals surface area (Å²) in [5.41, 5.74) is 9.47. The molecule has 2 aromatic carbocycles. The first-order valence-corrected chi connectivity index (χ1v) is 8.24. The summed E-state index contributed by atoms with van der Waals surface area (Å²) in [6.45, 7) is 3.25. The predicted octanol–water partition coefficient (Wildman–Crippen LogP) is 4.85. The Labute approximate surface area is 175 Å². The maximum Gasteiger partial charge on any atom is 0.387 e. The maximum absolute atomic E-state index is 12.7. The Hall–Kier alpha value is -2.10. The van der Waals surface area contributed by atoms with Crippen LogP contribution in [-0.4, -0.2) is 19.2 Å². The number of halogens is 3. The van der Waals surface area contributed by atoms with Crippen LogP contribution in [0.25, 0.3) is 0 Å². The summed E-state index contributed by atoms with van der Waals surface area (Å²) >= 11 is 0. The standard InChI is InChI=1S/C19H23F2N3O2.HI/c1-4-25-16-7-5-6-14(17(16)26-18(20)21)11-23-19(22)24-15-9-8-12(2)13(3)10-15;/h5-10,18H,4,11H2,1-3H3,(H3,22,23,24);1H. The number of ether oxygens (including phenoxy) is 2. The normalized spacial score (nSPS) is 11.1. The summed E-state index contributed by atoms with van der Waals surface area (Å²) in [5.74, 6) is 0.409. The van der Waals surface area contributed by atoms with E-state index in [4.69, 9.17) is 10.5 Å². The van der Waals surface area contributed by atoms with Crippen LogP contribution < -0.4 is 20.5 Å². The predicted molar refractivity (Wildman–Crippen MR) is 115 cm³/mol. The molecule has 8 heteroatoms. The lowest BCUT2D eigenvalue weighted by Crippen LogP contribution is -2.22. The van der Waals surface area contributed by atoms with E-state index in [0.29, 0.717) is 12.2 Å². The lowest BCUT2D eigenvalue weighted by atomic mass is 10.1. The molecule has 0 spiro atoms. The highest BCUT2D eigenvalue weighted by Crippen LogP contribution is 2.33. The summed E-state index contributed by atoms with van der Waals surface area (Å²) in [4.78, 5) is 4.21. The van der Waals surface area contributed by atoms with Crippen LogP contribution in [0.1, 0.15) is 23.6 Å². The van der Waals surface area contributed by atoms with Crippen molar-refractivity contribution in [2.24, 2.45) is 10.7 Å². The van der Waals surface area contributed by atoms with Crippen molar-refractivity contribution >= 4 is 35.6 Å². The third kappa shape index (κ3) is 6.85. The van der Waals surface area contributed by atoms with Gasteiger partial charge in [-0.1, -0.05) is 18.2 Å². The molecule has 0 radical (unpaired) electrons. The van der Waals surface area contributed by atoms with Crippen molar-refractivity contribution in [2.75, 3.05) is 11.9 Å². The van der Waals surface area contributed by atoms with E-state index in [9.17, 15) is 8.78 Å². The zero-order valence-electron chi connectivity index (χ0n) is 15.5. The van der Waals surface area contributed by atoms with Gasteiger partial charge in [-0.25, -0.2) is 4.99 Å². The quantitative estimate of drug-likeness (QED) is 0.330. The van der Waals surface area contributed by atoms with Gasteiger partial charge in [0.2, 0.25) is 0 Å². The van der Waals surface area contributed by atoms with Crippen molar-refractivity contribution in [1.29, 1.82) is 0 Å². The first kappa shape index (κ1) is 22.9. The summed E-state index contributed by atoms with van der Waals surface area (Å²) in [6.07, 6.45) is 0. The minimum absolute atomic E-state index is 0. The molecular weight excluding hydrogens is 467 g/mol. The van der Waals surface area contributed by atoms with Gasteiger partial charge in [-0.3, -0.25) is 0 Å². The molecule has 0 aliphatic heterocycles. The highest BCUT2D eigenvalue weighted by Gasteiger charge is 2.15. The fourth-order valence-corrected chi connectivity index (χ4v) is 2.35. The number of guanidine groups is 1. The Morgan fingerprint density at radius 2 is 1.93 bits per heavy atom. The van der Waals surface area contributed by atoms with Gasteiger partial charge in [-0.05, 0) is 50.1 Å². The van der Waals surface area contributed by atoms with Crippen molar-refractivity contribution in [2.45, 2.75) is 33.9 Å². The van der Waals surface area contributed by atoms with Crippen molar-refractivity contribution < 1.29 is 18.3 Å². The minimum atomic E-state index is -2.95. The zero-order valence-corrected chi connectivity index (χ0v) is 17.8. The minimum Gasteiger partial charge on any atom is -0.490 e. The molecule has 3 N–H and O–H groups in total. The highest BCUT2D eigenvalue weighted by atomic mass is 127. The molecule has 27 heavy (non-hydrogen) atoms. The molecule has 0 atom stereocenters. The first-order chi connectivity index (χ1) is 12.4.